The summed E-state index contributed by atoms with van der Waals surface area (Å²) in [6.45, 7) is 6.25. The molecule has 1 aromatic carbocycles. The molecule has 1 aromatic rings. The van der Waals surface area contributed by atoms with E-state index >= 15 is 0 Å². The topological polar surface area (TPSA) is 49.4 Å². The third-order valence-corrected chi connectivity index (χ3v) is 6.38. The summed E-state index contributed by atoms with van der Waals surface area (Å²) >= 11 is 6.08. The van der Waals surface area contributed by atoms with E-state index in [1.807, 2.05) is 13.8 Å². The van der Waals surface area contributed by atoms with Crippen molar-refractivity contribution in [2.45, 2.75) is 37.6 Å². The highest BCUT2D eigenvalue weighted by molar-refractivity contribution is 7.89. The van der Waals surface area contributed by atoms with Crippen LogP contribution in [0, 0.1) is 5.92 Å². The number of hydrogen-bond donors (Lipinski definition) is 1. The van der Waals surface area contributed by atoms with Crippen LogP contribution < -0.4 is 5.32 Å². The van der Waals surface area contributed by atoms with Crippen LogP contribution in [0.3, 0.4) is 0 Å². The second-order valence-corrected chi connectivity index (χ2v) is 8.08. The molecule has 0 saturated carbocycles. The maximum atomic E-state index is 12.9. The molecule has 1 atom stereocenters. The summed E-state index contributed by atoms with van der Waals surface area (Å²) in [6.07, 6.45) is 2.16. The predicted octanol–water partition coefficient (Wildman–Crippen LogP) is 2.74. The minimum atomic E-state index is -3.56. The van der Waals surface area contributed by atoms with Crippen LogP contribution in [0.1, 0.15) is 26.7 Å². The average Bonchev–Trinajstić information content (AvgIpc) is 2.45. The fourth-order valence-corrected chi connectivity index (χ4v) is 4.91. The van der Waals surface area contributed by atoms with Gasteiger partial charge >= 0.3 is 0 Å². The molecule has 1 heterocycles. The van der Waals surface area contributed by atoms with Crippen molar-refractivity contribution >= 4 is 21.6 Å². The zero-order valence-electron chi connectivity index (χ0n) is 12.5. The van der Waals surface area contributed by atoms with Crippen LogP contribution in [0.15, 0.2) is 29.2 Å². The minimum Gasteiger partial charge on any atom is -0.316 e. The Balaban J connectivity index is 2.26. The molecule has 6 heteroatoms. The molecule has 4 nitrogen and oxygen atoms in total. The molecular formula is C15H23ClN2O2S. The van der Waals surface area contributed by atoms with E-state index < -0.39 is 10.0 Å². The standard InChI is InChI=1S/C15H23ClN2O2S/c1-12(2)18(11-13-6-5-9-17-10-13)21(19,20)15-8-4-3-7-14(15)16/h3-4,7-8,12-13,17H,5-6,9-11H2,1-2H3. The van der Waals surface area contributed by atoms with Gasteiger partial charge < -0.3 is 5.32 Å². The van der Waals surface area contributed by atoms with Gasteiger partial charge in [0.25, 0.3) is 0 Å². The number of rotatable bonds is 5. The number of hydrogen-bond acceptors (Lipinski definition) is 3. The van der Waals surface area contributed by atoms with E-state index in [0.29, 0.717) is 12.5 Å². The number of piperidine rings is 1. The van der Waals surface area contributed by atoms with Gasteiger partial charge in [-0.2, -0.15) is 4.31 Å². The maximum absolute atomic E-state index is 12.9. The lowest BCUT2D eigenvalue weighted by Gasteiger charge is -2.32. The molecule has 0 aromatic heterocycles. The van der Waals surface area contributed by atoms with E-state index in [9.17, 15) is 8.42 Å². The van der Waals surface area contributed by atoms with E-state index in [1.54, 1.807) is 28.6 Å². The average molecular weight is 331 g/mol. The molecule has 21 heavy (non-hydrogen) atoms. The molecule has 118 valence electrons. The van der Waals surface area contributed by atoms with Crippen LogP contribution in [-0.4, -0.2) is 38.4 Å². The van der Waals surface area contributed by atoms with Crippen LogP contribution in [0.4, 0.5) is 0 Å². The highest BCUT2D eigenvalue weighted by Crippen LogP contribution is 2.27. The molecule has 0 amide bonds. The minimum absolute atomic E-state index is 0.0896. The van der Waals surface area contributed by atoms with E-state index in [2.05, 4.69) is 5.32 Å². The zero-order valence-corrected chi connectivity index (χ0v) is 14.1. The Morgan fingerprint density at radius 3 is 2.67 bits per heavy atom. The van der Waals surface area contributed by atoms with Gasteiger partial charge in [0.15, 0.2) is 0 Å². The fourth-order valence-electron chi connectivity index (χ4n) is 2.70. The number of nitrogens with one attached hydrogen (secondary N) is 1. The Labute approximate surface area is 132 Å². The summed E-state index contributed by atoms with van der Waals surface area (Å²) in [5.41, 5.74) is 0. The number of benzene rings is 1. The smallest absolute Gasteiger partial charge is 0.244 e. The molecule has 0 radical (unpaired) electrons. The third kappa shape index (κ3) is 3.97. The van der Waals surface area contributed by atoms with Crippen molar-refractivity contribution in [2.24, 2.45) is 5.92 Å². The lowest BCUT2D eigenvalue weighted by molar-refractivity contribution is 0.264. The molecule has 2 rings (SSSR count). The van der Waals surface area contributed by atoms with Crippen LogP contribution >= 0.6 is 11.6 Å². The van der Waals surface area contributed by atoms with E-state index in [-0.39, 0.29) is 16.0 Å². The summed E-state index contributed by atoms with van der Waals surface area (Å²) in [7, 11) is -3.56. The Bertz CT molecular complexity index is 569. The Morgan fingerprint density at radius 2 is 2.10 bits per heavy atom. The van der Waals surface area contributed by atoms with Crippen molar-refractivity contribution in [3.8, 4) is 0 Å². The highest BCUT2D eigenvalue weighted by atomic mass is 35.5. The van der Waals surface area contributed by atoms with Gasteiger partial charge in [0.05, 0.1) is 5.02 Å². The summed E-state index contributed by atoms with van der Waals surface area (Å²) in [5.74, 6) is 0.360. The van der Waals surface area contributed by atoms with Crippen LogP contribution in [0.5, 0.6) is 0 Å². The van der Waals surface area contributed by atoms with Crippen molar-refractivity contribution in [1.29, 1.82) is 0 Å². The Morgan fingerprint density at radius 1 is 1.38 bits per heavy atom. The molecule has 1 fully saturated rings. The molecular weight excluding hydrogens is 308 g/mol. The zero-order chi connectivity index (χ0) is 15.5. The largest absolute Gasteiger partial charge is 0.316 e. The molecule has 1 unspecified atom stereocenters. The van der Waals surface area contributed by atoms with Crippen molar-refractivity contribution < 1.29 is 8.42 Å². The lowest BCUT2D eigenvalue weighted by atomic mass is 9.99. The van der Waals surface area contributed by atoms with Crippen molar-refractivity contribution in [1.82, 2.24) is 9.62 Å². The van der Waals surface area contributed by atoms with E-state index in [0.717, 1.165) is 25.9 Å². The van der Waals surface area contributed by atoms with E-state index in [1.165, 1.54) is 0 Å². The van der Waals surface area contributed by atoms with Gasteiger partial charge in [-0.1, -0.05) is 23.7 Å². The summed E-state index contributed by atoms with van der Waals surface area (Å²) < 4.78 is 27.4. The first-order valence-corrected chi connectivity index (χ1v) is 9.22. The van der Waals surface area contributed by atoms with Crippen molar-refractivity contribution in [2.75, 3.05) is 19.6 Å². The SMILES string of the molecule is CC(C)N(CC1CCCNC1)S(=O)(=O)c1ccccc1Cl. The van der Waals surface area contributed by atoms with Gasteiger partial charge in [-0.05, 0) is 57.8 Å². The van der Waals surface area contributed by atoms with Crippen molar-refractivity contribution in [3.05, 3.63) is 29.3 Å². The second kappa shape index (κ2) is 7.09. The fraction of sp³-hybridized carbons (Fsp3) is 0.600. The molecule has 0 aliphatic carbocycles. The Hall–Kier alpha value is -0.620. The summed E-state index contributed by atoms with van der Waals surface area (Å²) in [4.78, 5) is 0.198. The normalized spacial score (nSPS) is 20.1. The van der Waals surface area contributed by atoms with E-state index in [4.69, 9.17) is 11.6 Å². The Kier molecular flexibility index (Phi) is 5.66. The van der Waals surface area contributed by atoms with Gasteiger partial charge in [-0.25, -0.2) is 8.42 Å². The first-order chi connectivity index (χ1) is 9.93. The van der Waals surface area contributed by atoms with Gasteiger partial charge in [-0.3, -0.25) is 0 Å². The van der Waals surface area contributed by atoms with Gasteiger partial charge in [0, 0.05) is 12.6 Å². The lowest BCUT2D eigenvalue weighted by Crippen LogP contribution is -2.44. The quantitative estimate of drug-likeness (QED) is 0.903. The molecule has 1 N–H and O–H groups in total. The monoisotopic (exact) mass is 330 g/mol. The predicted molar refractivity (Wildman–Crippen MR) is 86.1 cm³/mol. The molecule has 0 spiro atoms. The van der Waals surface area contributed by atoms with Gasteiger partial charge in [0.2, 0.25) is 10.0 Å². The first kappa shape index (κ1) is 16.7. The second-order valence-electron chi connectivity index (χ2n) is 5.81. The van der Waals surface area contributed by atoms with Crippen LogP contribution in [-0.2, 0) is 10.0 Å². The van der Waals surface area contributed by atoms with Crippen LogP contribution in [0.2, 0.25) is 5.02 Å². The van der Waals surface area contributed by atoms with Gasteiger partial charge in [0.1, 0.15) is 4.90 Å². The number of sulfonamides is 1. The molecule has 1 saturated heterocycles. The highest BCUT2D eigenvalue weighted by Gasteiger charge is 2.31. The summed E-state index contributed by atoms with van der Waals surface area (Å²) in [6, 6.07) is 6.56. The first-order valence-electron chi connectivity index (χ1n) is 7.40. The molecule has 1 aliphatic rings. The number of nitrogens with zero attached hydrogens (tertiary/aromatic N) is 1. The van der Waals surface area contributed by atoms with Gasteiger partial charge in [-0.15, -0.1) is 0 Å². The molecule has 0 bridgehead atoms. The maximum Gasteiger partial charge on any atom is 0.244 e. The third-order valence-electron chi connectivity index (χ3n) is 3.84. The summed E-state index contributed by atoms with van der Waals surface area (Å²) in [5, 5.41) is 3.62. The number of halogens is 1. The van der Waals surface area contributed by atoms with Crippen molar-refractivity contribution in [3.63, 3.8) is 0 Å². The molecule has 1 aliphatic heterocycles. The van der Waals surface area contributed by atoms with Crippen LogP contribution in [0.25, 0.3) is 0 Å².